The van der Waals surface area contributed by atoms with E-state index in [0.717, 1.165) is 19.2 Å². The van der Waals surface area contributed by atoms with Gasteiger partial charge in [-0.25, -0.2) is 17.2 Å². The Morgan fingerprint density at radius 1 is 1.04 bits per heavy atom. The van der Waals surface area contributed by atoms with E-state index >= 15 is 0 Å². The van der Waals surface area contributed by atoms with E-state index < -0.39 is 44.2 Å². The monoisotopic (exact) mass is 383 g/mol. The fourth-order valence-electron chi connectivity index (χ4n) is 2.02. The van der Waals surface area contributed by atoms with Gasteiger partial charge in [0.05, 0.1) is 17.6 Å². The van der Waals surface area contributed by atoms with Gasteiger partial charge >= 0.3 is 18.1 Å². The lowest BCUT2D eigenvalue weighted by Gasteiger charge is -2.20. The zero-order valence-corrected chi connectivity index (χ0v) is 13.2. The first-order valence-corrected chi connectivity index (χ1v) is 7.94. The van der Waals surface area contributed by atoms with Crippen molar-refractivity contribution in [1.82, 2.24) is 3.97 Å². The number of esters is 1. The highest BCUT2D eigenvalue weighted by Gasteiger charge is 2.61. The summed E-state index contributed by atoms with van der Waals surface area (Å²) in [5.41, 5.74) is -3.24. The van der Waals surface area contributed by atoms with Crippen molar-refractivity contribution in [3.63, 3.8) is 0 Å². The van der Waals surface area contributed by atoms with E-state index in [4.69, 9.17) is 0 Å². The quantitative estimate of drug-likeness (QED) is 0.601. The Labute approximate surface area is 138 Å². The molecule has 0 N–H and O–H groups in total. The van der Waals surface area contributed by atoms with Gasteiger partial charge in [-0.3, -0.25) is 0 Å². The second-order valence-electron chi connectivity index (χ2n) is 4.76. The first kappa shape index (κ1) is 18.9. The molecular formula is C14H10F5NO4S. The molecule has 0 atom stereocenters. The molecule has 0 fully saturated rings. The third kappa shape index (κ3) is 3.11. The molecule has 0 aliphatic rings. The van der Waals surface area contributed by atoms with Gasteiger partial charge in [0.15, 0.2) is 5.69 Å². The molecule has 1 heterocycles. The number of carbonyl (C=O) groups is 1. The SMILES string of the molecule is COC(=O)c1c(C(F)(F)C(F)(F)F)ccn1S(=O)(=O)c1ccccc1. The van der Waals surface area contributed by atoms with Crippen LogP contribution in [0.15, 0.2) is 47.5 Å². The van der Waals surface area contributed by atoms with Crippen molar-refractivity contribution in [2.24, 2.45) is 0 Å². The topological polar surface area (TPSA) is 65.4 Å². The summed E-state index contributed by atoms with van der Waals surface area (Å²) in [5, 5.41) is 0. The summed E-state index contributed by atoms with van der Waals surface area (Å²) in [6.07, 6.45) is -5.58. The maximum atomic E-state index is 13.7. The molecule has 5 nitrogen and oxygen atoms in total. The second-order valence-corrected chi connectivity index (χ2v) is 6.57. The number of hydrogen-bond donors (Lipinski definition) is 0. The average molecular weight is 383 g/mol. The van der Waals surface area contributed by atoms with Crippen LogP contribution in [0.5, 0.6) is 0 Å². The summed E-state index contributed by atoms with van der Waals surface area (Å²) >= 11 is 0. The summed E-state index contributed by atoms with van der Waals surface area (Å²) in [6, 6.07) is 6.52. The van der Waals surface area contributed by atoms with E-state index in [2.05, 4.69) is 4.74 Å². The van der Waals surface area contributed by atoms with E-state index in [1.807, 2.05) is 0 Å². The largest absolute Gasteiger partial charge is 0.464 e. The smallest absolute Gasteiger partial charge is 0.458 e. The predicted molar refractivity (Wildman–Crippen MR) is 74.7 cm³/mol. The standard InChI is InChI=1S/C14H10F5NO4S/c1-24-12(21)11-10(13(15,16)14(17,18)19)7-8-20(11)25(22,23)9-5-3-2-4-6-9/h2-8H,1H3. The maximum Gasteiger partial charge on any atom is 0.458 e. The summed E-state index contributed by atoms with van der Waals surface area (Å²) in [7, 11) is -3.87. The molecule has 1 aromatic heterocycles. The molecule has 0 unspecified atom stereocenters. The third-order valence-electron chi connectivity index (χ3n) is 3.23. The van der Waals surface area contributed by atoms with E-state index in [0.29, 0.717) is 6.20 Å². The zero-order chi connectivity index (χ0) is 19.0. The summed E-state index contributed by atoms with van der Waals surface area (Å²) in [5.74, 6) is -7.10. The predicted octanol–water partition coefficient (Wildman–Crippen LogP) is 3.17. The van der Waals surface area contributed by atoms with Gasteiger partial charge in [0.2, 0.25) is 0 Å². The highest BCUT2D eigenvalue weighted by Crippen LogP contribution is 2.45. The number of hydrogen-bond acceptors (Lipinski definition) is 4. The molecule has 25 heavy (non-hydrogen) atoms. The molecular weight excluding hydrogens is 373 g/mol. The van der Waals surface area contributed by atoms with Crippen molar-refractivity contribution in [2.75, 3.05) is 7.11 Å². The molecule has 1 aromatic carbocycles. The Kier molecular flexibility index (Phi) is 4.64. The van der Waals surface area contributed by atoms with Crippen LogP contribution in [-0.4, -0.2) is 31.6 Å². The lowest BCUT2D eigenvalue weighted by Crippen LogP contribution is -2.35. The Morgan fingerprint density at radius 2 is 1.60 bits per heavy atom. The molecule has 136 valence electrons. The minimum absolute atomic E-state index is 0.0448. The molecule has 2 rings (SSSR count). The minimum atomic E-state index is -6.03. The van der Waals surface area contributed by atoms with Gasteiger partial charge in [-0.15, -0.1) is 0 Å². The van der Waals surface area contributed by atoms with Crippen LogP contribution in [0, 0.1) is 0 Å². The number of aromatic nitrogens is 1. The zero-order valence-electron chi connectivity index (χ0n) is 12.4. The van der Waals surface area contributed by atoms with Crippen LogP contribution in [-0.2, 0) is 20.7 Å². The second kappa shape index (κ2) is 6.14. The molecule has 11 heteroatoms. The number of halogens is 5. The molecule has 0 aliphatic heterocycles. The first-order valence-electron chi connectivity index (χ1n) is 6.50. The highest BCUT2D eigenvalue weighted by atomic mass is 32.2. The summed E-state index contributed by atoms with van der Waals surface area (Å²) in [4.78, 5) is 11.4. The normalized spacial score (nSPS) is 12.9. The van der Waals surface area contributed by atoms with Gasteiger partial charge in [0.1, 0.15) is 0 Å². The lowest BCUT2D eigenvalue weighted by molar-refractivity contribution is -0.289. The van der Waals surface area contributed by atoms with Crippen LogP contribution >= 0.6 is 0 Å². The molecule has 0 amide bonds. The highest BCUT2D eigenvalue weighted by molar-refractivity contribution is 7.90. The van der Waals surface area contributed by atoms with E-state index in [1.54, 1.807) is 0 Å². The molecule has 0 radical (unpaired) electrons. The minimum Gasteiger partial charge on any atom is -0.464 e. The van der Waals surface area contributed by atoms with Crippen molar-refractivity contribution in [3.05, 3.63) is 53.9 Å². The number of nitrogens with zero attached hydrogens (tertiary/aromatic N) is 1. The average Bonchev–Trinajstić information content (AvgIpc) is 3.00. The molecule has 0 aliphatic carbocycles. The first-order chi connectivity index (χ1) is 11.4. The molecule has 2 aromatic rings. The van der Waals surface area contributed by atoms with Crippen molar-refractivity contribution in [2.45, 2.75) is 17.0 Å². The van der Waals surface area contributed by atoms with Gasteiger partial charge in [0.25, 0.3) is 10.0 Å². The third-order valence-corrected chi connectivity index (χ3v) is 4.92. The Hall–Kier alpha value is -2.43. The van der Waals surface area contributed by atoms with E-state index in [-0.39, 0.29) is 10.0 Å². The van der Waals surface area contributed by atoms with Gasteiger partial charge in [-0.05, 0) is 18.2 Å². The van der Waals surface area contributed by atoms with Crippen LogP contribution in [0.2, 0.25) is 0 Å². The van der Waals surface area contributed by atoms with Crippen LogP contribution in [0.3, 0.4) is 0 Å². The van der Waals surface area contributed by atoms with Crippen LogP contribution in [0.4, 0.5) is 22.0 Å². The van der Waals surface area contributed by atoms with Crippen molar-refractivity contribution < 1.29 is 39.9 Å². The number of carbonyl (C=O) groups excluding carboxylic acids is 1. The molecule has 0 saturated heterocycles. The van der Waals surface area contributed by atoms with Gasteiger partial charge in [-0.1, -0.05) is 18.2 Å². The van der Waals surface area contributed by atoms with Crippen molar-refractivity contribution >= 4 is 16.0 Å². The van der Waals surface area contributed by atoms with Crippen LogP contribution in [0.1, 0.15) is 16.1 Å². The molecule has 0 bridgehead atoms. The Balaban J connectivity index is 2.77. The van der Waals surface area contributed by atoms with Crippen LogP contribution in [0.25, 0.3) is 0 Å². The number of benzene rings is 1. The van der Waals surface area contributed by atoms with Gasteiger partial charge < -0.3 is 4.74 Å². The number of alkyl halides is 5. The van der Waals surface area contributed by atoms with Crippen LogP contribution < -0.4 is 0 Å². The van der Waals surface area contributed by atoms with Crippen molar-refractivity contribution in [3.8, 4) is 0 Å². The molecule has 0 spiro atoms. The van der Waals surface area contributed by atoms with E-state index in [9.17, 15) is 35.2 Å². The lowest BCUT2D eigenvalue weighted by atomic mass is 10.1. The summed E-state index contributed by atoms with van der Waals surface area (Å²) < 4.78 is 94.5. The van der Waals surface area contributed by atoms with Gasteiger partial charge in [-0.2, -0.15) is 22.0 Å². The fourth-order valence-corrected chi connectivity index (χ4v) is 3.39. The molecule has 0 saturated carbocycles. The Bertz CT molecular complexity index is 888. The van der Waals surface area contributed by atoms with Crippen molar-refractivity contribution in [1.29, 1.82) is 0 Å². The summed E-state index contributed by atoms with van der Waals surface area (Å²) in [6.45, 7) is 0. The fraction of sp³-hybridized carbons (Fsp3) is 0.214. The number of ether oxygens (including phenoxy) is 1. The number of methoxy groups -OCH3 is 1. The Morgan fingerprint density at radius 3 is 2.08 bits per heavy atom. The number of rotatable bonds is 4. The maximum absolute atomic E-state index is 13.7. The van der Waals surface area contributed by atoms with Gasteiger partial charge in [0, 0.05) is 6.20 Å². The van der Waals surface area contributed by atoms with E-state index in [1.165, 1.54) is 18.2 Å².